The van der Waals surface area contributed by atoms with Crippen LogP contribution in [-0.2, 0) is 6.42 Å². The van der Waals surface area contributed by atoms with Crippen LogP contribution in [0.3, 0.4) is 0 Å². The Labute approximate surface area is 156 Å². The van der Waals surface area contributed by atoms with E-state index in [2.05, 4.69) is 80.9 Å². The van der Waals surface area contributed by atoms with Crippen LogP contribution in [0.5, 0.6) is 0 Å². The minimum Gasteiger partial charge on any atom is -0.287 e. The van der Waals surface area contributed by atoms with E-state index in [0.717, 1.165) is 34.1 Å². The molecular weight excluding hydrogens is 316 g/mol. The third-order valence-electron chi connectivity index (χ3n) is 4.03. The maximum absolute atomic E-state index is 4.76. The molecule has 0 fully saturated rings. The van der Waals surface area contributed by atoms with E-state index >= 15 is 0 Å². The van der Waals surface area contributed by atoms with Crippen molar-refractivity contribution in [1.82, 2.24) is 4.98 Å². The molecule has 0 spiro atoms. The molecule has 0 unspecified atom stereocenters. The summed E-state index contributed by atoms with van der Waals surface area (Å²) in [7, 11) is 0. The predicted octanol–water partition coefficient (Wildman–Crippen LogP) is 5.41. The molecule has 2 nitrogen and oxygen atoms in total. The SMILES string of the molecule is CCc1ccc(C#Cc2nc3ccccc3cc2C=NC(C)(C)C)cc1. The van der Waals surface area contributed by atoms with Crippen LogP contribution >= 0.6 is 0 Å². The molecule has 3 rings (SSSR count). The molecule has 0 aliphatic carbocycles. The largest absolute Gasteiger partial charge is 0.287 e. The molecule has 0 N–H and O–H groups in total. The number of para-hydroxylation sites is 1. The average Bonchev–Trinajstić information content (AvgIpc) is 2.64. The second kappa shape index (κ2) is 7.54. The first-order chi connectivity index (χ1) is 12.4. The first-order valence-corrected chi connectivity index (χ1v) is 9.00. The highest BCUT2D eigenvalue weighted by Crippen LogP contribution is 2.16. The molecule has 0 amide bonds. The van der Waals surface area contributed by atoms with E-state index in [9.17, 15) is 0 Å². The monoisotopic (exact) mass is 340 g/mol. The van der Waals surface area contributed by atoms with Crippen molar-refractivity contribution in [2.75, 3.05) is 0 Å². The van der Waals surface area contributed by atoms with Gasteiger partial charge in [0.1, 0.15) is 5.69 Å². The van der Waals surface area contributed by atoms with Crippen molar-refractivity contribution in [2.45, 2.75) is 39.7 Å². The summed E-state index contributed by atoms with van der Waals surface area (Å²) in [4.78, 5) is 9.40. The third kappa shape index (κ3) is 4.58. The molecule has 26 heavy (non-hydrogen) atoms. The molecule has 0 bridgehead atoms. The normalized spacial score (nSPS) is 11.5. The lowest BCUT2D eigenvalue weighted by atomic mass is 10.1. The van der Waals surface area contributed by atoms with E-state index < -0.39 is 0 Å². The van der Waals surface area contributed by atoms with Crippen molar-refractivity contribution >= 4 is 17.1 Å². The van der Waals surface area contributed by atoms with Gasteiger partial charge in [-0.25, -0.2) is 4.98 Å². The third-order valence-corrected chi connectivity index (χ3v) is 4.03. The van der Waals surface area contributed by atoms with Crippen molar-refractivity contribution < 1.29 is 0 Å². The van der Waals surface area contributed by atoms with Crippen molar-refractivity contribution in [3.63, 3.8) is 0 Å². The number of fused-ring (bicyclic) bond motifs is 1. The van der Waals surface area contributed by atoms with E-state index in [1.54, 1.807) is 0 Å². The summed E-state index contributed by atoms with van der Waals surface area (Å²) in [6.45, 7) is 8.40. The first-order valence-electron chi connectivity index (χ1n) is 9.00. The molecule has 0 atom stereocenters. The molecule has 1 aromatic heterocycles. The Morgan fingerprint density at radius 3 is 2.42 bits per heavy atom. The highest BCUT2D eigenvalue weighted by Gasteiger charge is 2.08. The van der Waals surface area contributed by atoms with Crippen molar-refractivity contribution in [2.24, 2.45) is 4.99 Å². The zero-order valence-electron chi connectivity index (χ0n) is 15.9. The van der Waals surface area contributed by atoms with Crippen LogP contribution in [0, 0.1) is 11.8 Å². The number of rotatable bonds is 2. The molecule has 0 aliphatic rings. The Balaban J connectivity index is 2.05. The Morgan fingerprint density at radius 2 is 1.73 bits per heavy atom. The number of pyridine rings is 1. The maximum atomic E-state index is 4.76. The minimum atomic E-state index is -0.133. The van der Waals surface area contributed by atoms with Crippen LogP contribution in [-0.4, -0.2) is 16.7 Å². The number of aromatic nitrogens is 1. The molecule has 130 valence electrons. The van der Waals surface area contributed by atoms with Gasteiger partial charge in [-0.05, 0) is 62.9 Å². The van der Waals surface area contributed by atoms with E-state index in [1.165, 1.54) is 5.56 Å². The number of hydrogen-bond acceptors (Lipinski definition) is 2. The lowest BCUT2D eigenvalue weighted by molar-refractivity contribution is 0.586. The van der Waals surface area contributed by atoms with Crippen LogP contribution in [0.4, 0.5) is 0 Å². The summed E-state index contributed by atoms with van der Waals surface area (Å²) in [6, 6.07) is 18.6. The number of aliphatic imine (C=N–C) groups is 1. The maximum Gasteiger partial charge on any atom is 0.123 e. The zero-order chi connectivity index (χ0) is 18.6. The van der Waals surface area contributed by atoms with E-state index in [4.69, 9.17) is 4.98 Å². The smallest absolute Gasteiger partial charge is 0.123 e. The topological polar surface area (TPSA) is 25.2 Å². The van der Waals surface area contributed by atoms with Crippen LogP contribution < -0.4 is 0 Å². The van der Waals surface area contributed by atoms with Gasteiger partial charge in [0.25, 0.3) is 0 Å². The molecule has 2 aromatic carbocycles. The van der Waals surface area contributed by atoms with Gasteiger partial charge < -0.3 is 0 Å². The van der Waals surface area contributed by atoms with Crippen LogP contribution in [0.2, 0.25) is 0 Å². The molecule has 0 aliphatic heterocycles. The van der Waals surface area contributed by atoms with Gasteiger partial charge in [0.05, 0.1) is 11.1 Å². The molecule has 3 aromatic rings. The highest BCUT2D eigenvalue weighted by molar-refractivity contribution is 5.90. The Bertz CT molecular complexity index is 994. The van der Waals surface area contributed by atoms with Gasteiger partial charge in [0, 0.05) is 22.7 Å². The summed E-state index contributed by atoms with van der Waals surface area (Å²) < 4.78 is 0. The van der Waals surface area contributed by atoms with Crippen LogP contribution in [0.1, 0.15) is 50.1 Å². The summed E-state index contributed by atoms with van der Waals surface area (Å²) in [5, 5.41) is 1.10. The molecule has 0 radical (unpaired) electrons. The van der Waals surface area contributed by atoms with Gasteiger partial charge in [-0.15, -0.1) is 0 Å². The Morgan fingerprint density at radius 1 is 1.00 bits per heavy atom. The minimum absolute atomic E-state index is 0.133. The lowest BCUT2D eigenvalue weighted by Crippen LogP contribution is -2.10. The standard InChI is InChI=1S/C24H24N2/c1-5-18-10-12-19(13-11-18)14-15-23-21(17-25-24(2,3)4)16-20-8-6-7-9-22(20)26-23/h6-13,16-17H,5H2,1-4H3. The lowest BCUT2D eigenvalue weighted by Gasteiger charge is -2.11. The van der Waals surface area contributed by atoms with E-state index in [-0.39, 0.29) is 5.54 Å². The van der Waals surface area contributed by atoms with Crippen LogP contribution in [0.15, 0.2) is 59.6 Å². The number of nitrogens with zero attached hydrogens (tertiary/aromatic N) is 2. The first kappa shape index (κ1) is 17.9. The summed E-state index contributed by atoms with van der Waals surface area (Å²) in [6.07, 6.45) is 2.93. The second-order valence-electron chi connectivity index (χ2n) is 7.35. The van der Waals surface area contributed by atoms with E-state index in [0.29, 0.717) is 0 Å². The summed E-state index contributed by atoms with van der Waals surface area (Å²) >= 11 is 0. The molecule has 1 heterocycles. The summed E-state index contributed by atoms with van der Waals surface area (Å²) in [5.74, 6) is 6.48. The second-order valence-corrected chi connectivity index (χ2v) is 7.35. The molecule has 2 heteroatoms. The highest BCUT2D eigenvalue weighted by atomic mass is 14.8. The van der Waals surface area contributed by atoms with Gasteiger partial charge in [0.2, 0.25) is 0 Å². The van der Waals surface area contributed by atoms with E-state index in [1.807, 2.05) is 24.4 Å². The summed E-state index contributed by atoms with van der Waals surface area (Å²) in [5.41, 5.74) is 4.85. The van der Waals surface area contributed by atoms with Gasteiger partial charge >= 0.3 is 0 Å². The quantitative estimate of drug-likeness (QED) is 0.452. The fraction of sp³-hybridized carbons (Fsp3) is 0.250. The van der Waals surface area contributed by atoms with Crippen molar-refractivity contribution in [1.29, 1.82) is 0 Å². The van der Waals surface area contributed by atoms with Crippen molar-refractivity contribution in [3.8, 4) is 11.8 Å². The fourth-order valence-corrected chi connectivity index (χ4v) is 2.55. The number of benzene rings is 2. The fourth-order valence-electron chi connectivity index (χ4n) is 2.55. The van der Waals surface area contributed by atoms with Gasteiger partial charge in [-0.1, -0.05) is 43.2 Å². The Kier molecular flexibility index (Phi) is 5.19. The zero-order valence-corrected chi connectivity index (χ0v) is 15.9. The van der Waals surface area contributed by atoms with Crippen molar-refractivity contribution in [3.05, 3.63) is 77.0 Å². The predicted molar refractivity (Wildman–Crippen MR) is 111 cm³/mol. The number of hydrogen-bond donors (Lipinski definition) is 0. The number of aryl methyl sites for hydroxylation is 1. The van der Waals surface area contributed by atoms with Crippen LogP contribution in [0.25, 0.3) is 10.9 Å². The van der Waals surface area contributed by atoms with Gasteiger partial charge in [-0.3, -0.25) is 4.99 Å². The van der Waals surface area contributed by atoms with Gasteiger partial charge in [0.15, 0.2) is 0 Å². The molecule has 0 saturated carbocycles. The van der Waals surface area contributed by atoms with Gasteiger partial charge in [-0.2, -0.15) is 0 Å². The molecule has 0 saturated heterocycles. The Hall–Kier alpha value is -2.92. The molecular formula is C24H24N2. The average molecular weight is 340 g/mol.